The topological polar surface area (TPSA) is 97.7 Å². The molecule has 9 heteroatoms. The average molecular weight is 372 g/mol. The van der Waals surface area contributed by atoms with Crippen molar-refractivity contribution in [1.82, 2.24) is 24.9 Å². The van der Waals surface area contributed by atoms with Gasteiger partial charge in [-0.2, -0.15) is 4.98 Å². The van der Waals surface area contributed by atoms with E-state index in [9.17, 15) is 0 Å². The van der Waals surface area contributed by atoms with E-state index in [1.807, 2.05) is 19.1 Å². The van der Waals surface area contributed by atoms with Crippen LogP contribution in [0.3, 0.4) is 0 Å². The second-order valence-electron chi connectivity index (χ2n) is 5.53. The molecule has 1 atom stereocenters. The Morgan fingerprint density at radius 1 is 1.12 bits per heavy atom. The highest BCUT2D eigenvalue weighted by atomic mass is 35.5. The fourth-order valence-corrected chi connectivity index (χ4v) is 2.43. The first kappa shape index (κ1) is 18.0. The smallest absolute Gasteiger partial charge is 0.230 e. The highest BCUT2D eigenvalue weighted by Crippen LogP contribution is 2.19. The number of benzene rings is 1. The van der Waals surface area contributed by atoms with E-state index in [1.54, 1.807) is 31.5 Å². The molecule has 2 heterocycles. The number of hydrogen-bond donors (Lipinski definition) is 2. The van der Waals surface area contributed by atoms with Crippen molar-refractivity contribution in [2.45, 2.75) is 13.0 Å². The molecule has 26 heavy (non-hydrogen) atoms. The molecule has 1 aromatic carbocycles. The van der Waals surface area contributed by atoms with Gasteiger partial charge in [-0.3, -0.25) is 0 Å². The Hall–Kier alpha value is -2.84. The molecule has 0 amide bonds. The number of methoxy groups -OCH3 is 1. The number of nitrogens with zero attached hydrogens (tertiary/aromatic N) is 5. The fraction of sp³-hybridized carbons (Fsp3) is 0.235. The van der Waals surface area contributed by atoms with E-state index in [0.717, 1.165) is 5.69 Å². The molecule has 0 spiro atoms. The minimum atomic E-state index is 0.0775. The summed E-state index contributed by atoms with van der Waals surface area (Å²) in [5.74, 6) is 1.32. The molecule has 0 saturated heterocycles. The van der Waals surface area contributed by atoms with Crippen LogP contribution in [0.1, 0.15) is 6.92 Å². The van der Waals surface area contributed by atoms with E-state index in [2.05, 4.69) is 35.6 Å². The zero-order chi connectivity index (χ0) is 18.4. The lowest BCUT2D eigenvalue weighted by Gasteiger charge is -2.12. The van der Waals surface area contributed by atoms with Gasteiger partial charge < -0.3 is 15.4 Å². The van der Waals surface area contributed by atoms with E-state index in [-0.39, 0.29) is 6.04 Å². The number of rotatable bonds is 7. The second-order valence-corrected chi connectivity index (χ2v) is 5.97. The fourth-order valence-electron chi connectivity index (χ4n) is 2.24. The van der Waals surface area contributed by atoms with Crippen molar-refractivity contribution in [2.24, 2.45) is 0 Å². The molecule has 0 aliphatic carbocycles. The Morgan fingerprint density at radius 2 is 2.00 bits per heavy atom. The normalized spacial score (nSPS) is 11.8. The maximum Gasteiger partial charge on any atom is 0.230 e. The summed E-state index contributed by atoms with van der Waals surface area (Å²) in [7, 11) is 1.65. The standard InChI is InChI=1S/C17H18ClN7O/c1-11(9-26-2)22-16-19-7-6-14(24-16)15-20-10-21-17(25-15)23-13-5-3-4-12(18)8-13/h3-8,10-11H,9H2,1-2H3,(H,19,22,24)(H,20,21,23,25)/t11-/m0/s1. The third kappa shape index (κ3) is 4.84. The molecular weight excluding hydrogens is 354 g/mol. The van der Waals surface area contributed by atoms with Crippen molar-refractivity contribution in [3.05, 3.63) is 47.9 Å². The number of halogens is 1. The van der Waals surface area contributed by atoms with Crippen molar-refractivity contribution < 1.29 is 4.74 Å². The van der Waals surface area contributed by atoms with Crippen LogP contribution >= 0.6 is 11.6 Å². The number of aromatic nitrogens is 5. The number of nitrogens with one attached hydrogen (secondary N) is 2. The molecule has 0 unspecified atom stereocenters. The van der Waals surface area contributed by atoms with Crippen LogP contribution in [-0.2, 0) is 4.74 Å². The third-order valence-corrected chi connectivity index (χ3v) is 3.56. The lowest BCUT2D eigenvalue weighted by molar-refractivity contribution is 0.190. The summed E-state index contributed by atoms with van der Waals surface area (Å²) >= 11 is 5.99. The minimum absolute atomic E-state index is 0.0775. The Morgan fingerprint density at radius 3 is 2.81 bits per heavy atom. The highest BCUT2D eigenvalue weighted by Gasteiger charge is 2.09. The Kier molecular flexibility index (Phi) is 5.88. The molecule has 8 nitrogen and oxygen atoms in total. The zero-order valence-corrected chi connectivity index (χ0v) is 15.1. The summed E-state index contributed by atoms with van der Waals surface area (Å²) in [4.78, 5) is 21.4. The maximum absolute atomic E-state index is 5.99. The quantitative estimate of drug-likeness (QED) is 0.653. The Balaban J connectivity index is 1.79. The van der Waals surface area contributed by atoms with Gasteiger partial charge in [0.05, 0.1) is 6.61 Å². The van der Waals surface area contributed by atoms with Crippen LogP contribution in [0.5, 0.6) is 0 Å². The van der Waals surface area contributed by atoms with Gasteiger partial charge in [0.15, 0.2) is 5.82 Å². The van der Waals surface area contributed by atoms with Gasteiger partial charge in [0.1, 0.15) is 12.0 Å². The molecule has 0 bridgehead atoms. The first-order valence-electron chi connectivity index (χ1n) is 7.94. The van der Waals surface area contributed by atoms with Gasteiger partial charge in [-0.25, -0.2) is 19.9 Å². The van der Waals surface area contributed by atoms with E-state index in [1.165, 1.54) is 6.33 Å². The van der Waals surface area contributed by atoms with Crippen molar-refractivity contribution in [1.29, 1.82) is 0 Å². The lowest BCUT2D eigenvalue weighted by atomic mass is 10.3. The monoisotopic (exact) mass is 371 g/mol. The number of hydrogen-bond acceptors (Lipinski definition) is 8. The van der Waals surface area contributed by atoms with Gasteiger partial charge in [-0.15, -0.1) is 0 Å². The summed E-state index contributed by atoms with van der Waals surface area (Å²) in [5.41, 5.74) is 1.37. The summed E-state index contributed by atoms with van der Waals surface area (Å²) in [6, 6.07) is 9.12. The highest BCUT2D eigenvalue weighted by molar-refractivity contribution is 6.30. The molecule has 134 valence electrons. The minimum Gasteiger partial charge on any atom is -0.383 e. The number of anilines is 3. The SMILES string of the molecule is COC[C@H](C)Nc1nccc(-c2ncnc(Nc3cccc(Cl)c3)n2)n1. The molecule has 3 rings (SSSR count). The van der Waals surface area contributed by atoms with Gasteiger partial charge in [0.25, 0.3) is 0 Å². The van der Waals surface area contributed by atoms with E-state index in [4.69, 9.17) is 16.3 Å². The van der Waals surface area contributed by atoms with E-state index < -0.39 is 0 Å². The number of ether oxygens (including phenoxy) is 1. The largest absolute Gasteiger partial charge is 0.383 e. The molecule has 0 aliphatic heterocycles. The van der Waals surface area contributed by atoms with Gasteiger partial charge >= 0.3 is 0 Å². The second kappa shape index (κ2) is 8.50. The molecule has 0 radical (unpaired) electrons. The average Bonchev–Trinajstić information content (AvgIpc) is 2.62. The summed E-state index contributed by atoms with van der Waals surface area (Å²) in [6.45, 7) is 2.53. The molecule has 3 aromatic rings. The maximum atomic E-state index is 5.99. The van der Waals surface area contributed by atoms with Crippen molar-refractivity contribution >= 4 is 29.2 Å². The Bertz CT molecular complexity index is 877. The molecule has 2 aromatic heterocycles. The molecule has 0 saturated carbocycles. The molecular formula is C17H18ClN7O. The van der Waals surface area contributed by atoms with Gasteiger partial charge in [-0.05, 0) is 31.2 Å². The zero-order valence-electron chi connectivity index (χ0n) is 14.3. The first-order valence-corrected chi connectivity index (χ1v) is 8.32. The van der Waals surface area contributed by atoms with Crippen LogP contribution in [0, 0.1) is 0 Å². The van der Waals surface area contributed by atoms with Crippen LogP contribution in [0.25, 0.3) is 11.5 Å². The van der Waals surface area contributed by atoms with Crippen LogP contribution < -0.4 is 10.6 Å². The Labute approximate surface area is 156 Å². The molecule has 0 fully saturated rings. The van der Waals surface area contributed by atoms with Crippen molar-refractivity contribution in [2.75, 3.05) is 24.4 Å². The third-order valence-electron chi connectivity index (χ3n) is 3.33. The van der Waals surface area contributed by atoms with Crippen LogP contribution in [-0.4, -0.2) is 44.7 Å². The van der Waals surface area contributed by atoms with E-state index in [0.29, 0.717) is 35.0 Å². The van der Waals surface area contributed by atoms with Gasteiger partial charge in [0, 0.05) is 30.1 Å². The van der Waals surface area contributed by atoms with Crippen LogP contribution in [0.2, 0.25) is 5.02 Å². The lowest BCUT2D eigenvalue weighted by Crippen LogP contribution is -2.22. The van der Waals surface area contributed by atoms with Gasteiger partial charge in [-0.1, -0.05) is 17.7 Å². The van der Waals surface area contributed by atoms with Crippen molar-refractivity contribution in [3.8, 4) is 11.5 Å². The molecule has 0 aliphatic rings. The predicted molar refractivity (Wildman–Crippen MR) is 101 cm³/mol. The predicted octanol–water partition coefficient (Wildman–Crippen LogP) is 3.17. The van der Waals surface area contributed by atoms with Crippen LogP contribution in [0.4, 0.5) is 17.6 Å². The summed E-state index contributed by atoms with van der Waals surface area (Å²) in [5, 5.41) is 6.89. The summed E-state index contributed by atoms with van der Waals surface area (Å²) < 4.78 is 5.10. The van der Waals surface area contributed by atoms with E-state index >= 15 is 0 Å². The van der Waals surface area contributed by atoms with Crippen molar-refractivity contribution in [3.63, 3.8) is 0 Å². The first-order chi connectivity index (χ1) is 12.6. The van der Waals surface area contributed by atoms with Gasteiger partial charge in [0.2, 0.25) is 11.9 Å². The van der Waals surface area contributed by atoms with Crippen LogP contribution in [0.15, 0.2) is 42.9 Å². The molecule has 2 N–H and O–H groups in total. The summed E-state index contributed by atoms with van der Waals surface area (Å²) in [6.07, 6.45) is 3.08.